The smallest absolute Gasteiger partial charge is 0.397 e. The minimum absolute atomic E-state index is 0.00623. The molecule has 14 heteroatoms. The lowest BCUT2D eigenvalue weighted by atomic mass is 9.91. The van der Waals surface area contributed by atoms with Crippen molar-refractivity contribution in [2.45, 2.75) is 82.5 Å². The summed E-state index contributed by atoms with van der Waals surface area (Å²) in [5.74, 6) is -1.19. The van der Waals surface area contributed by atoms with Crippen LogP contribution in [0.3, 0.4) is 0 Å². The number of nitrogens with zero attached hydrogens (tertiary/aromatic N) is 4. The first kappa shape index (κ1) is 35.0. The summed E-state index contributed by atoms with van der Waals surface area (Å²) in [5, 5.41) is 7.01. The minimum Gasteiger partial charge on any atom is -0.397 e. The van der Waals surface area contributed by atoms with Crippen LogP contribution in [0.2, 0.25) is 0 Å². The first-order valence-corrected chi connectivity index (χ1v) is 18.8. The Morgan fingerprint density at radius 2 is 1.60 bits per heavy atom. The van der Waals surface area contributed by atoms with E-state index in [2.05, 4.69) is 31.5 Å². The fourth-order valence-corrected chi connectivity index (χ4v) is 9.15. The van der Waals surface area contributed by atoms with Gasteiger partial charge in [0.1, 0.15) is 0 Å². The normalized spacial score (nSPS) is 21.1. The van der Waals surface area contributed by atoms with Crippen molar-refractivity contribution in [1.82, 2.24) is 19.6 Å². The molecule has 1 aromatic heterocycles. The highest BCUT2D eigenvalue weighted by atomic mass is 79.9. The lowest BCUT2D eigenvalue weighted by molar-refractivity contribution is -0.143. The molecule has 0 radical (unpaired) electrons. The van der Waals surface area contributed by atoms with E-state index in [9.17, 15) is 27.6 Å². The number of fused-ring (bicyclic) bond motifs is 1. The van der Waals surface area contributed by atoms with Gasteiger partial charge < -0.3 is 30.7 Å². The number of benzene rings is 1. The number of nitrogens with two attached hydrogens (primary N) is 1. The number of alkyl halides is 3. The molecule has 0 aliphatic carbocycles. The standard InChI is InChI=1S/C34H44BrF3N6O3S/c35-28-18-22(17-27(31(28)39)34(36,37)38)16-24(32(46)43-13-5-25(6-14-43)41-9-2-1-3-10-41)19-30(45)42-11-7-26(8-12-42)44-15-4-23-20-48-21-29(23)40-33(44)47/h17-18,20-21,24-26H,1-16,19,39H2,(H,40,47)/t24-/m0/s1. The van der Waals surface area contributed by atoms with Gasteiger partial charge in [-0.15, -0.1) is 11.3 Å². The average molecular weight is 754 g/mol. The predicted molar refractivity (Wildman–Crippen MR) is 184 cm³/mol. The maximum absolute atomic E-state index is 14.1. The molecule has 0 bridgehead atoms. The van der Waals surface area contributed by atoms with E-state index in [0.717, 1.165) is 49.7 Å². The summed E-state index contributed by atoms with van der Waals surface area (Å²) in [7, 11) is 0. The van der Waals surface area contributed by atoms with Crippen LogP contribution in [0.15, 0.2) is 27.4 Å². The number of carbonyl (C=O) groups is 3. The molecule has 4 aliphatic heterocycles. The molecule has 2 aromatic rings. The van der Waals surface area contributed by atoms with Crippen molar-refractivity contribution in [1.29, 1.82) is 0 Å². The fraction of sp³-hybridized carbons (Fsp3) is 0.618. The van der Waals surface area contributed by atoms with Gasteiger partial charge in [0.05, 0.1) is 22.9 Å². The third-order valence-electron chi connectivity index (χ3n) is 10.6. The van der Waals surface area contributed by atoms with E-state index in [-0.39, 0.29) is 41.2 Å². The molecule has 0 unspecified atom stereocenters. The zero-order chi connectivity index (χ0) is 34.0. The highest BCUT2D eigenvalue weighted by Crippen LogP contribution is 2.39. The molecular formula is C34H44BrF3N6O3S. The lowest BCUT2D eigenvalue weighted by Gasteiger charge is -2.41. The van der Waals surface area contributed by atoms with Crippen molar-refractivity contribution in [3.63, 3.8) is 0 Å². The largest absolute Gasteiger partial charge is 0.418 e. The first-order valence-electron chi connectivity index (χ1n) is 17.1. The highest BCUT2D eigenvalue weighted by molar-refractivity contribution is 9.10. The van der Waals surface area contributed by atoms with Gasteiger partial charge in [-0.05, 0) is 109 Å². The van der Waals surface area contributed by atoms with Crippen LogP contribution < -0.4 is 11.1 Å². The fourth-order valence-electron chi connectivity index (χ4n) is 7.82. The molecule has 1 atom stereocenters. The van der Waals surface area contributed by atoms with Crippen molar-refractivity contribution in [2.75, 3.05) is 56.9 Å². The SMILES string of the molecule is Nc1c(Br)cc(C[C@@H](CC(=O)N2CCC(N3CCc4cscc4NC3=O)CC2)C(=O)N2CCC(N3CCCCC3)CC2)cc1C(F)(F)F. The number of halogens is 4. The van der Waals surface area contributed by atoms with Crippen LogP contribution in [0.5, 0.6) is 0 Å². The summed E-state index contributed by atoms with van der Waals surface area (Å²) in [6, 6.07) is 2.82. The van der Waals surface area contributed by atoms with Crippen LogP contribution in [0, 0.1) is 5.92 Å². The Labute approximate surface area is 292 Å². The number of thiophene rings is 1. The van der Waals surface area contributed by atoms with E-state index < -0.39 is 23.3 Å². The Hall–Kier alpha value is -2.84. The molecule has 1 aromatic carbocycles. The number of urea groups is 1. The molecule has 4 amide bonds. The molecule has 5 heterocycles. The molecule has 3 saturated heterocycles. The molecule has 3 fully saturated rings. The van der Waals surface area contributed by atoms with Gasteiger partial charge in [-0.25, -0.2) is 4.79 Å². The number of anilines is 2. The van der Waals surface area contributed by atoms with Crippen LogP contribution in [0.1, 0.15) is 68.1 Å². The summed E-state index contributed by atoms with van der Waals surface area (Å²) >= 11 is 4.74. The number of nitrogens with one attached hydrogen (secondary N) is 1. The number of hydrogen-bond donors (Lipinski definition) is 2. The van der Waals surface area contributed by atoms with E-state index in [4.69, 9.17) is 5.73 Å². The lowest BCUT2D eigenvalue weighted by Crippen LogP contribution is -2.51. The van der Waals surface area contributed by atoms with Crippen molar-refractivity contribution >= 4 is 56.5 Å². The van der Waals surface area contributed by atoms with Gasteiger partial charge in [0.2, 0.25) is 11.8 Å². The van der Waals surface area contributed by atoms with Crippen LogP contribution in [-0.4, -0.2) is 95.3 Å². The zero-order valence-corrected chi connectivity index (χ0v) is 29.5. The maximum atomic E-state index is 14.1. The van der Waals surface area contributed by atoms with E-state index >= 15 is 0 Å². The predicted octanol–water partition coefficient (Wildman–Crippen LogP) is 6.22. The van der Waals surface area contributed by atoms with E-state index in [1.54, 1.807) is 21.1 Å². The highest BCUT2D eigenvalue weighted by Gasteiger charge is 2.37. The Morgan fingerprint density at radius 3 is 2.29 bits per heavy atom. The maximum Gasteiger partial charge on any atom is 0.418 e. The molecular weight excluding hydrogens is 709 g/mol. The van der Waals surface area contributed by atoms with Crippen LogP contribution in [-0.2, 0) is 28.6 Å². The topological polar surface area (TPSA) is 102 Å². The van der Waals surface area contributed by atoms with E-state index in [1.165, 1.54) is 25.3 Å². The second kappa shape index (κ2) is 15.0. The summed E-state index contributed by atoms with van der Waals surface area (Å²) in [4.78, 5) is 48.7. The number of hydrogen-bond acceptors (Lipinski definition) is 6. The van der Waals surface area contributed by atoms with E-state index in [0.29, 0.717) is 57.2 Å². The van der Waals surface area contributed by atoms with Crippen LogP contribution >= 0.6 is 27.3 Å². The van der Waals surface area contributed by atoms with Gasteiger partial charge in [0.15, 0.2) is 0 Å². The summed E-state index contributed by atoms with van der Waals surface area (Å²) in [6.45, 7) is 4.80. The van der Waals surface area contributed by atoms with Crippen LogP contribution in [0.4, 0.5) is 29.3 Å². The number of likely N-dealkylation sites (tertiary alicyclic amines) is 3. The summed E-state index contributed by atoms with van der Waals surface area (Å²) < 4.78 is 41.6. The number of piperidine rings is 3. The summed E-state index contributed by atoms with van der Waals surface area (Å²) in [5.41, 5.74) is 6.70. The second-order valence-electron chi connectivity index (χ2n) is 13.6. The van der Waals surface area contributed by atoms with Crippen molar-refractivity contribution in [3.8, 4) is 0 Å². The van der Waals surface area contributed by atoms with Gasteiger partial charge in [-0.1, -0.05) is 6.42 Å². The second-order valence-corrected chi connectivity index (χ2v) is 15.2. The van der Waals surface area contributed by atoms with Gasteiger partial charge >= 0.3 is 12.2 Å². The van der Waals surface area contributed by atoms with Gasteiger partial charge in [-0.2, -0.15) is 13.2 Å². The Balaban J connectivity index is 1.12. The van der Waals surface area contributed by atoms with Gasteiger partial charge in [-0.3, -0.25) is 9.59 Å². The monoisotopic (exact) mass is 752 g/mol. The molecule has 262 valence electrons. The molecule has 0 saturated carbocycles. The van der Waals surface area contributed by atoms with Gasteiger partial charge in [0.25, 0.3) is 0 Å². The Bertz CT molecular complexity index is 1480. The number of amides is 4. The third kappa shape index (κ3) is 7.96. The molecule has 3 N–H and O–H groups in total. The first-order chi connectivity index (χ1) is 23.0. The quantitative estimate of drug-likeness (QED) is 0.328. The Kier molecular flexibility index (Phi) is 10.9. The average Bonchev–Trinajstić information content (AvgIpc) is 3.45. The molecule has 0 spiro atoms. The summed E-state index contributed by atoms with van der Waals surface area (Å²) in [6.07, 6.45) is 2.59. The van der Waals surface area contributed by atoms with E-state index in [1.807, 2.05) is 10.3 Å². The molecule has 4 aliphatic rings. The molecule has 48 heavy (non-hydrogen) atoms. The molecule has 9 nitrogen and oxygen atoms in total. The molecule has 6 rings (SSSR count). The Morgan fingerprint density at radius 1 is 0.938 bits per heavy atom. The van der Waals surface area contributed by atoms with Gasteiger partial charge in [0, 0.05) is 61.1 Å². The number of nitrogen functional groups attached to an aromatic ring is 1. The number of carbonyl (C=O) groups excluding carboxylic acids is 3. The number of rotatable bonds is 7. The van der Waals surface area contributed by atoms with Crippen molar-refractivity contribution < 1.29 is 27.6 Å². The minimum atomic E-state index is -4.66. The third-order valence-corrected chi connectivity index (χ3v) is 12.0. The van der Waals surface area contributed by atoms with Crippen LogP contribution in [0.25, 0.3) is 0 Å². The van der Waals surface area contributed by atoms with Crippen molar-refractivity contribution in [2.24, 2.45) is 5.92 Å². The zero-order valence-electron chi connectivity index (χ0n) is 27.1. The van der Waals surface area contributed by atoms with Crippen molar-refractivity contribution in [3.05, 3.63) is 44.1 Å².